The van der Waals surface area contributed by atoms with Crippen LogP contribution < -0.4 is 4.74 Å². The molecule has 0 unspecified atom stereocenters. The van der Waals surface area contributed by atoms with E-state index in [-0.39, 0.29) is 6.61 Å². The quantitative estimate of drug-likeness (QED) is 0.662. The molecule has 0 atom stereocenters. The predicted molar refractivity (Wildman–Crippen MR) is 52.1 cm³/mol. The minimum Gasteiger partial charge on any atom is -0.486 e. The van der Waals surface area contributed by atoms with Gasteiger partial charge in [-0.2, -0.15) is 0 Å². The first-order valence-electron chi connectivity index (χ1n) is 4.40. The van der Waals surface area contributed by atoms with Gasteiger partial charge in [0, 0.05) is 0 Å². The van der Waals surface area contributed by atoms with Crippen LogP contribution in [0.3, 0.4) is 0 Å². The van der Waals surface area contributed by atoms with Crippen molar-refractivity contribution in [2.24, 2.45) is 0 Å². The van der Waals surface area contributed by atoms with Gasteiger partial charge in [0.25, 0.3) is 0 Å². The van der Waals surface area contributed by atoms with E-state index < -0.39 is 0 Å². The topological polar surface area (TPSA) is 26.3 Å². The molecule has 0 amide bonds. The highest BCUT2D eigenvalue weighted by molar-refractivity contribution is 5.51. The van der Waals surface area contributed by atoms with Crippen molar-refractivity contribution in [3.63, 3.8) is 0 Å². The number of rotatable bonds is 4. The van der Waals surface area contributed by atoms with Gasteiger partial charge in [-0.25, -0.2) is 0 Å². The minimum absolute atomic E-state index is 0.127. The Hall–Kier alpha value is -1.31. The summed E-state index contributed by atoms with van der Waals surface area (Å²) in [5.74, 6) is 1.25. The smallest absolute Gasteiger partial charge is 0.157 e. The van der Waals surface area contributed by atoms with Crippen molar-refractivity contribution >= 4 is 6.29 Å². The zero-order valence-electron chi connectivity index (χ0n) is 7.99. The van der Waals surface area contributed by atoms with Crippen LogP contribution in [-0.4, -0.2) is 12.9 Å². The highest BCUT2D eigenvalue weighted by Crippen LogP contribution is 2.19. The molecule has 0 heterocycles. The molecule has 2 nitrogen and oxygen atoms in total. The molecule has 0 saturated carbocycles. The first-order valence-corrected chi connectivity index (χ1v) is 4.40. The van der Waals surface area contributed by atoms with E-state index in [0.717, 1.165) is 12.0 Å². The third-order valence-corrected chi connectivity index (χ3v) is 1.84. The second-order valence-electron chi connectivity index (χ2n) is 3.20. The molecule has 1 aromatic rings. The number of carbonyl (C=O) groups is 1. The average Bonchev–Trinajstić information content (AvgIpc) is 2.15. The van der Waals surface area contributed by atoms with Crippen molar-refractivity contribution in [1.29, 1.82) is 0 Å². The molecule has 70 valence electrons. The largest absolute Gasteiger partial charge is 0.486 e. The molecule has 0 aliphatic carbocycles. The SMILES string of the molecule is CC(C)c1cccc(OCC=O)c1. The Morgan fingerprint density at radius 1 is 1.46 bits per heavy atom. The van der Waals surface area contributed by atoms with Crippen LogP contribution in [0.15, 0.2) is 24.3 Å². The molecule has 1 aromatic carbocycles. The molecule has 0 fully saturated rings. The first-order chi connectivity index (χ1) is 6.24. The Labute approximate surface area is 78.5 Å². The second-order valence-corrected chi connectivity index (χ2v) is 3.20. The maximum absolute atomic E-state index is 10.1. The Morgan fingerprint density at radius 3 is 2.85 bits per heavy atom. The Morgan fingerprint density at radius 2 is 2.23 bits per heavy atom. The Bertz CT molecular complexity index is 279. The minimum atomic E-state index is 0.127. The fourth-order valence-corrected chi connectivity index (χ4v) is 1.09. The van der Waals surface area contributed by atoms with E-state index in [1.165, 1.54) is 5.56 Å². The molecule has 0 radical (unpaired) electrons. The lowest BCUT2D eigenvalue weighted by Crippen LogP contribution is -1.98. The van der Waals surface area contributed by atoms with Crippen LogP contribution in [0.2, 0.25) is 0 Å². The van der Waals surface area contributed by atoms with Gasteiger partial charge in [0.05, 0.1) is 0 Å². The third kappa shape index (κ3) is 2.90. The molecule has 0 aliphatic heterocycles. The van der Waals surface area contributed by atoms with Crippen LogP contribution in [0.4, 0.5) is 0 Å². The maximum Gasteiger partial charge on any atom is 0.157 e. The van der Waals surface area contributed by atoms with Crippen LogP contribution >= 0.6 is 0 Å². The van der Waals surface area contributed by atoms with Gasteiger partial charge in [-0.05, 0) is 23.6 Å². The van der Waals surface area contributed by atoms with Crippen LogP contribution in [0.25, 0.3) is 0 Å². The number of carbonyl (C=O) groups excluding carboxylic acids is 1. The average molecular weight is 178 g/mol. The second kappa shape index (κ2) is 4.65. The lowest BCUT2D eigenvalue weighted by Gasteiger charge is -2.07. The lowest BCUT2D eigenvalue weighted by atomic mass is 10.0. The van der Waals surface area contributed by atoms with Crippen molar-refractivity contribution in [2.75, 3.05) is 6.61 Å². The highest BCUT2D eigenvalue weighted by Gasteiger charge is 1.99. The molecule has 0 N–H and O–H groups in total. The number of hydrogen-bond donors (Lipinski definition) is 0. The van der Waals surface area contributed by atoms with Crippen molar-refractivity contribution in [3.8, 4) is 5.75 Å². The van der Waals surface area contributed by atoms with Crippen LogP contribution in [0.1, 0.15) is 25.3 Å². The maximum atomic E-state index is 10.1. The molecule has 2 heteroatoms. The van der Waals surface area contributed by atoms with E-state index in [4.69, 9.17) is 4.74 Å². The van der Waals surface area contributed by atoms with Crippen LogP contribution in [-0.2, 0) is 4.79 Å². The van der Waals surface area contributed by atoms with Crippen LogP contribution in [0, 0.1) is 0 Å². The summed E-state index contributed by atoms with van der Waals surface area (Å²) < 4.78 is 5.18. The number of aldehydes is 1. The molecule has 13 heavy (non-hydrogen) atoms. The van der Waals surface area contributed by atoms with Gasteiger partial charge in [0.2, 0.25) is 0 Å². The molecule has 0 aliphatic rings. The third-order valence-electron chi connectivity index (χ3n) is 1.84. The number of hydrogen-bond acceptors (Lipinski definition) is 2. The monoisotopic (exact) mass is 178 g/mol. The summed E-state index contributed by atoms with van der Waals surface area (Å²) in [5.41, 5.74) is 1.23. The summed E-state index contributed by atoms with van der Waals surface area (Å²) in [5, 5.41) is 0. The zero-order chi connectivity index (χ0) is 9.68. The number of ether oxygens (including phenoxy) is 1. The summed E-state index contributed by atoms with van der Waals surface area (Å²) in [6.45, 7) is 4.37. The van der Waals surface area contributed by atoms with E-state index in [9.17, 15) is 4.79 Å². The van der Waals surface area contributed by atoms with Crippen LogP contribution in [0.5, 0.6) is 5.75 Å². The standard InChI is InChI=1S/C11H14O2/c1-9(2)10-4-3-5-11(8-10)13-7-6-12/h3-6,8-9H,7H2,1-2H3. The van der Waals surface area contributed by atoms with Gasteiger partial charge < -0.3 is 4.74 Å². The summed E-state index contributed by atoms with van der Waals surface area (Å²) in [7, 11) is 0. The summed E-state index contributed by atoms with van der Waals surface area (Å²) in [4.78, 5) is 10.1. The van der Waals surface area contributed by atoms with Gasteiger partial charge in [0.15, 0.2) is 6.29 Å². The van der Waals surface area contributed by atoms with Crippen molar-refractivity contribution in [2.45, 2.75) is 19.8 Å². The van der Waals surface area contributed by atoms with E-state index in [1.807, 2.05) is 18.2 Å². The number of benzene rings is 1. The van der Waals surface area contributed by atoms with Gasteiger partial charge in [-0.3, -0.25) is 4.79 Å². The molecule has 0 saturated heterocycles. The van der Waals surface area contributed by atoms with E-state index in [2.05, 4.69) is 19.9 Å². The van der Waals surface area contributed by atoms with Gasteiger partial charge in [-0.15, -0.1) is 0 Å². The molecule has 0 spiro atoms. The van der Waals surface area contributed by atoms with E-state index >= 15 is 0 Å². The molecule has 0 aromatic heterocycles. The normalized spacial score (nSPS) is 10.1. The molecule has 1 rings (SSSR count). The fourth-order valence-electron chi connectivity index (χ4n) is 1.09. The fraction of sp³-hybridized carbons (Fsp3) is 0.364. The van der Waals surface area contributed by atoms with Gasteiger partial charge in [0.1, 0.15) is 12.4 Å². The lowest BCUT2D eigenvalue weighted by molar-refractivity contribution is -0.109. The summed E-state index contributed by atoms with van der Waals surface area (Å²) in [6.07, 6.45) is 0.752. The Balaban J connectivity index is 2.73. The molecule has 0 bridgehead atoms. The van der Waals surface area contributed by atoms with Crippen molar-refractivity contribution < 1.29 is 9.53 Å². The molecular weight excluding hydrogens is 164 g/mol. The Kier molecular flexibility index (Phi) is 3.50. The van der Waals surface area contributed by atoms with Gasteiger partial charge >= 0.3 is 0 Å². The highest BCUT2D eigenvalue weighted by atomic mass is 16.5. The van der Waals surface area contributed by atoms with E-state index in [1.54, 1.807) is 0 Å². The summed E-state index contributed by atoms with van der Waals surface area (Å²) in [6, 6.07) is 7.82. The van der Waals surface area contributed by atoms with E-state index in [0.29, 0.717) is 5.92 Å². The van der Waals surface area contributed by atoms with Crippen molar-refractivity contribution in [1.82, 2.24) is 0 Å². The zero-order valence-corrected chi connectivity index (χ0v) is 7.99. The van der Waals surface area contributed by atoms with Crippen molar-refractivity contribution in [3.05, 3.63) is 29.8 Å². The first kappa shape index (κ1) is 9.78. The molecular formula is C11H14O2. The summed E-state index contributed by atoms with van der Waals surface area (Å²) >= 11 is 0. The predicted octanol–water partition coefficient (Wildman–Crippen LogP) is 2.39. The van der Waals surface area contributed by atoms with Gasteiger partial charge in [-0.1, -0.05) is 26.0 Å².